The molecular weight excluding hydrogens is 204 g/mol. The highest BCUT2D eigenvalue weighted by Gasteiger charge is 2.18. The SMILES string of the molecule is O=C1CCCC(O)=C1/C=N/c1ccccn1. The number of rotatable bonds is 2. The summed E-state index contributed by atoms with van der Waals surface area (Å²) < 4.78 is 0. The number of allylic oxidation sites excluding steroid dienone is 2. The second-order valence-electron chi connectivity index (χ2n) is 3.58. The number of pyridine rings is 1. The van der Waals surface area contributed by atoms with E-state index in [2.05, 4.69) is 9.98 Å². The molecule has 0 fully saturated rings. The summed E-state index contributed by atoms with van der Waals surface area (Å²) >= 11 is 0. The first-order chi connectivity index (χ1) is 7.77. The van der Waals surface area contributed by atoms with Crippen LogP contribution in [0.3, 0.4) is 0 Å². The van der Waals surface area contributed by atoms with Crippen LogP contribution in [0.15, 0.2) is 40.7 Å². The zero-order valence-electron chi connectivity index (χ0n) is 8.76. The summed E-state index contributed by atoms with van der Waals surface area (Å²) in [6.45, 7) is 0. The van der Waals surface area contributed by atoms with Crippen LogP contribution in [0.5, 0.6) is 0 Å². The lowest BCUT2D eigenvalue weighted by Gasteiger charge is -2.10. The van der Waals surface area contributed by atoms with Crippen molar-refractivity contribution >= 4 is 17.8 Å². The van der Waals surface area contributed by atoms with Gasteiger partial charge in [-0.1, -0.05) is 6.07 Å². The third-order valence-electron chi connectivity index (χ3n) is 2.40. The molecule has 0 atom stereocenters. The molecular formula is C12H12N2O2. The van der Waals surface area contributed by atoms with Gasteiger partial charge in [-0.15, -0.1) is 0 Å². The van der Waals surface area contributed by atoms with E-state index in [1.165, 1.54) is 6.21 Å². The fourth-order valence-electron chi connectivity index (χ4n) is 1.55. The van der Waals surface area contributed by atoms with Gasteiger partial charge in [0, 0.05) is 25.3 Å². The highest BCUT2D eigenvalue weighted by molar-refractivity contribution is 6.14. The molecule has 1 heterocycles. The molecule has 82 valence electrons. The highest BCUT2D eigenvalue weighted by Crippen LogP contribution is 2.19. The zero-order valence-corrected chi connectivity index (χ0v) is 8.76. The summed E-state index contributed by atoms with van der Waals surface area (Å²) in [6.07, 6.45) is 4.78. The van der Waals surface area contributed by atoms with Gasteiger partial charge in [-0.25, -0.2) is 9.98 Å². The van der Waals surface area contributed by atoms with Gasteiger partial charge in [0.05, 0.1) is 5.57 Å². The fourth-order valence-corrected chi connectivity index (χ4v) is 1.55. The molecule has 0 saturated carbocycles. The van der Waals surface area contributed by atoms with Gasteiger partial charge in [0.2, 0.25) is 0 Å². The molecule has 0 amide bonds. The number of aliphatic imine (C=N–C) groups is 1. The lowest BCUT2D eigenvalue weighted by molar-refractivity contribution is -0.115. The third kappa shape index (κ3) is 2.34. The molecule has 0 bridgehead atoms. The normalized spacial score (nSPS) is 17.1. The maximum atomic E-state index is 11.5. The van der Waals surface area contributed by atoms with E-state index < -0.39 is 0 Å². The van der Waals surface area contributed by atoms with Crippen molar-refractivity contribution < 1.29 is 9.90 Å². The Morgan fingerprint density at radius 3 is 2.94 bits per heavy atom. The van der Waals surface area contributed by atoms with Crippen molar-refractivity contribution in [1.29, 1.82) is 0 Å². The molecule has 0 aliphatic heterocycles. The van der Waals surface area contributed by atoms with E-state index in [0.717, 1.165) is 0 Å². The quantitative estimate of drug-likeness (QED) is 0.772. The number of carbonyl (C=O) groups excluding carboxylic acids is 1. The molecule has 4 nitrogen and oxygen atoms in total. The van der Waals surface area contributed by atoms with E-state index in [-0.39, 0.29) is 11.5 Å². The van der Waals surface area contributed by atoms with E-state index in [1.54, 1.807) is 18.3 Å². The number of hydrogen-bond acceptors (Lipinski definition) is 4. The first-order valence-corrected chi connectivity index (χ1v) is 5.18. The number of ketones is 1. The number of aliphatic hydroxyl groups excluding tert-OH is 1. The molecule has 2 rings (SSSR count). The molecule has 1 aliphatic carbocycles. The monoisotopic (exact) mass is 216 g/mol. The van der Waals surface area contributed by atoms with E-state index in [1.807, 2.05) is 6.07 Å². The average Bonchev–Trinajstić information content (AvgIpc) is 2.30. The number of nitrogens with zero attached hydrogens (tertiary/aromatic N) is 2. The lowest BCUT2D eigenvalue weighted by atomic mass is 9.97. The molecule has 0 spiro atoms. The Labute approximate surface area is 93.4 Å². The van der Waals surface area contributed by atoms with Crippen molar-refractivity contribution in [3.8, 4) is 0 Å². The lowest BCUT2D eigenvalue weighted by Crippen LogP contribution is -2.12. The summed E-state index contributed by atoms with van der Waals surface area (Å²) in [6, 6.07) is 5.35. The Morgan fingerprint density at radius 1 is 1.38 bits per heavy atom. The Hall–Kier alpha value is -1.97. The van der Waals surface area contributed by atoms with E-state index >= 15 is 0 Å². The molecule has 0 aromatic carbocycles. The van der Waals surface area contributed by atoms with Crippen LogP contribution in [0.2, 0.25) is 0 Å². The number of carbonyl (C=O) groups is 1. The van der Waals surface area contributed by atoms with Crippen molar-refractivity contribution in [2.45, 2.75) is 19.3 Å². The number of Topliss-reactive ketones (excluding diaryl/α,β-unsaturated/α-hetero) is 1. The van der Waals surface area contributed by atoms with Crippen LogP contribution in [0.1, 0.15) is 19.3 Å². The van der Waals surface area contributed by atoms with Gasteiger partial charge in [0.15, 0.2) is 11.6 Å². The van der Waals surface area contributed by atoms with Crippen LogP contribution in [0.4, 0.5) is 5.82 Å². The number of hydrogen-bond donors (Lipinski definition) is 1. The van der Waals surface area contributed by atoms with Crippen LogP contribution < -0.4 is 0 Å². The standard InChI is InChI=1S/C12H12N2O2/c15-10-4-3-5-11(16)9(10)8-14-12-6-1-2-7-13-12/h1-2,6-8,15H,3-5H2/b14-8+. The Balaban J connectivity index is 2.21. The van der Waals surface area contributed by atoms with E-state index in [0.29, 0.717) is 30.7 Å². The second kappa shape index (κ2) is 4.70. The average molecular weight is 216 g/mol. The molecule has 1 aliphatic rings. The summed E-state index contributed by atoms with van der Waals surface area (Å²) in [5, 5.41) is 9.56. The van der Waals surface area contributed by atoms with Crippen molar-refractivity contribution in [2.24, 2.45) is 4.99 Å². The highest BCUT2D eigenvalue weighted by atomic mass is 16.3. The van der Waals surface area contributed by atoms with Crippen molar-refractivity contribution in [3.05, 3.63) is 35.7 Å². The molecule has 1 N–H and O–H groups in total. The first kappa shape index (κ1) is 10.5. The predicted molar refractivity (Wildman–Crippen MR) is 60.9 cm³/mol. The predicted octanol–water partition coefficient (Wildman–Crippen LogP) is 2.35. The molecule has 0 unspecified atom stereocenters. The van der Waals surface area contributed by atoms with Gasteiger partial charge in [-0.3, -0.25) is 4.79 Å². The summed E-state index contributed by atoms with van der Waals surface area (Å²) in [4.78, 5) is 19.6. The van der Waals surface area contributed by atoms with Crippen LogP contribution in [-0.4, -0.2) is 22.1 Å². The van der Waals surface area contributed by atoms with Gasteiger partial charge in [0.25, 0.3) is 0 Å². The minimum atomic E-state index is -0.0524. The van der Waals surface area contributed by atoms with Gasteiger partial charge < -0.3 is 5.11 Å². The van der Waals surface area contributed by atoms with Crippen LogP contribution in [0.25, 0.3) is 0 Å². The largest absolute Gasteiger partial charge is 0.512 e. The molecule has 1 aromatic heterocycles. The smallest absolute Gasteiger partial charge is 0.167 e. The third-order valence-corrected chi connectivity index (χ3v) is 2.40. The molecule has 0 saturated heterocycles. The summed E-state index contributed by atoms with van der Waals surface area (Å²) in [5.41, 5.74) is 0.317. The van der Waals surface area contributed by atoms with Crippen LogP contribution in [-0.2, 0) is 4.79 Å². The topological polar surface area (TPSA) is 62.5 Å². The Kier molecular flexibility index (Phi) is 3.10. The number of aliphatic hydroxyl groups is 1. The van der Waals surface area contributed by atoms with Gasteiger partial charge >= 0.3 is 0 Å². The fraction of sp³-hybridized carbons (Fsp3) is 0.250. The maximum Gasteiger partial charge on any atom is 0.167 e. The maximum absolute atomic E-state index is 11.5. The zero-order chi connectivity index (χ0) is 11.4. The molecule has 0 radical (unpaired) electrons. The van der Waals surface area contributed by atoms with Gasteiger partial charge in [0.1, 0.15) is 5.76 Å². The summed E-state index contributed by atoms with van der Waals surface area (Å²) in [5.74, 6) is 0.612. The summed E-state index contributed by atoms with van der Waals surface area (Å²) in [7, 11) is 0. The minimum absolute atomic E-state index is 0.0524. The number of aromatic nitrogens is 1. The first-order valence-electron chi connectivity index (χ1n) is 5.18. The molecule has 4 heteroatoms. The van der Waals surface area contributed by atoms with E-state index in [9.17, 15) is 9.90 Å². The minimum Gasteiger partial charge on any atom is -0.512 e. The van der Waals surface area contributed by atoms with Crippen LogP contribution >= 0.6 is 0 Å². The van der Waals surface area contributed by atoms with Crippen molar-refractivity contribution in [2.75, 3.05) is 0 Å². The van der Waals surface area contributed by atoms with Crippen molar-refractivity contribution in [1.82, 2.24) is 4.98 Å². The molecule has 16 heavy (non-hydrogen) atoms. The molecule has 1 aromatic rings. The second-order valence-corrected chi connectivity index (χ2v) is 3.58. The van der Waals surface area contributed by atoms with Crippen molar-refractivity contribution in [3.63, 3.8) is 0 Å². The van der Waals surface area contributed by atoms with E-state index in [4.69, 9.17) is 0 Å². The Bertz CT molecular complexity index is 449. The van der Waals surface area contributed by atoms with Crippen LogP contribution in [0, 0.1) is 0 Å². The van der Waals surface area contributed by atoms with Gasteiger partial charge in [-0.05, 0) is 18.6 Å². The van der Waals surface area contributed by atoms with Gasteiger partial charge in [-0.2, -0.15) is 0 Å². The Morgan fingerprint density at radius 2 is 2.25 bits per heavy atom.